The number of thiazole rings is 1. The summed E-state index contributed by atoms with van der Waals surface area (Å²) in [6.45, 7) is 9.71. The van der Waals surface area contributed by atoms with Crippen molar-refractivity contribution >= 4 is 46.8 Å². The van der Waals surface area contributed by atoms with Gasteiger partial charge in [0.25, 0.3) is 0 Å². The van der Waals surface area contributed by atoms with E-state index in [0.717, 1.165) is 11.1 Å². The fraction of sp³-hybridized carbons (Fsp3) is 0.512. The van der Waals surface area contributed by atoms with E-state index in [4.69, 9.17) is 9.47 Å². The van der Waals surface area contributed by atoms with Gasteiger partial charge in [-0.25, -0.2) is 9.78 Å². The average Bonchev–Trinajstić information content (AvgIpc) is 3.78. The second-order valence-corrected chi connectivity index (χ2v) is 17.0. The number of carbonyl (C=O) groups excluding carboxylic acids is 6. The number of rotatable bonds is 22. The Morgan fingerprint density at radius 3 is 1.90 bits per heavy atom. The molecule has 1 saturated heterocycles. The maximum Gasteiger partial charge on any atom is 0.409 e. The quantitative estimate of drug-likeness (QED) is 0.108. The van der Waals surface area contributed by atoms with Gasteiger partial charge in [-0.2, -0.15) is 0 Å². The van der Waals surface area contributed by atoms with Crippen LogP contribution < -0.4 is 21.3 Å². The van der Waals surface area contributed by atoms with Crippen LogP contribution in [0.3, 0.4) is 0 Å². The summed E-state index contributed by atoms with van der Waals surface area (Å²) in [5.74, 6) is -2.24. The number of ketones is 1. The summed E-state index contributed by atoms with van der Waals surface area (Å²) in [5, 5.41) is 13.7. The van der Waals surface area contributed by atoms with Crippen LogP contribution in [0, 0.1) is 11.8 Å². The molecule has 1 aromatic heterocycles. The fourth-order valence-electron chi connectivity index (χ4n) is 6.28. The molecule has 0 spiro atoms. The molecule has 1 fully saturated rings. The van der Waals surface area contributed by atoms with Crippen LogP contribution in [0.2, 0.25) is 0 Å². The molecule has 14 nitrogen and oxygen atoms in total. The Bertz CT molecular complexity index is 1850. The minimum atomic E-state index is -1.07. The van der Waals surface area contributed by atoms with Crippen molar-refractivity contribution in [3.05, 3.63) is 87.9 Å². The number of Topliss-reactive ketones (excluding diaryl/α,β-unsaturated/α-hetero) is 1. The van der Waals surface area contributed by atoms with Crippen LogP contribution in [-0.2, 0) is 59.3 Å². The Morgan fingerprint density at radius 2 is 1.31 bits per heavy atom. The highest BCUT2D eigenvalue weighted by molar-refractivity contribution is 7.09. The zero-order valence-electron chi connectivity index (χ0n) is 34.5. The van der Waals surface area contributed by atoms with Crippen molar-refractivity contribution in [3.8, 4) is 0 Å². The van der Waals surface area contributed by atoms with Gasteiger partial charge < -0.3 is 35.6 Å². The van der Waals surface area contributed by atoms with Crippen LogP contribution in [0.15, 0.2) is 66.0 Å². The van der Waals surface area contributed by atoms with Crippen LogP contribution in [0.25, 0.3) is 0 Å². The first-order chi connectivity index (χ1) is 27.5. The molecule has 0 bridgehead atoms. The lowest BCUT2D eigenvalue weighted by molar-refractivity contribution is -0.135. The Kier molecular flexibility index (Phi) is 16.9. The van der Waals surface area contributed by atoms with Crippen molar-refractivity contribution in [2.45, 2.75) is 110 Å². The normalized spacial score (nSPS) is 16.7. The van der Waals surface area contributed by atoms with Gasteiger partial charge in [0, 0.05) is 25.9 Å². The lowest BCUT2D eigenvalue weighted by atomic mass is 9.93. The van der Waals surface area contributed by atoms with Gasteiger partial charge in [0.1, 0.15) is 35.3 Å². The molecule has 4 rings (SSSR count). The standard InChI is InChI=1S/C43H58N6O8S/c1-27(2)20-33(38(51)43(5)26-57-43)46-41(54)35(22-30-16-12-9-13-17-30)48-40(53)34(21-28(3)4)47-39(52)32(19-18-29-14-10-8-11-15-29)45-36(50)23-31-25-58-37(44-31)24-56-42(55)49(6)7/h8-17,25,27-28,32-35H,18-24,26H2,1-7H3,(H,45,50)(H,46,54)(H,47,52)(H,48,53). The largest absolute Gasteiger partial charge is 0.442 e. The van der Waals surface area contributed by atoms with E-state index in [1.54, 1.807) is 26.4 Å². The van der Waals surface area contributed by atoms with E-state index in [1.165, 1.54) is 16.2 Å². The summed E-state index contributed by atoms with van der Waals surface area (Å²) in [5.41, 5.74) is 1.27. The number of ether oxygens (including phenoxy) is 2. The lowest BCUT2D eigenvalue weighted by Gasteiger charge is -2.28. The predicted octanol–water partition coefficient (Wildman–Crippen LogP) is 4.15. The minimum Gasteiger partial charge on any atom is -0.442 e. The SMILES string of the molecule is CC(C)CC(NC(=O)C(CCc1ccccc1)NC(=O)Cc1csc(COC(=O)N(C)C)n1)C(=O)NC(Cc1ccccc1)C(=O)NC(CC(C)C)C(=O)C1(C)CO1. The number of amides is 5. The van der Waals surface area contributed by atoms with Crippen LogP contribution in [-0.4, -0.2) is 95.9 Å². The Morgan fingerprint density at radius 1 is 0.776 bits per heavy atom. The number of aryl methyl sites for hydroxylation is 1. The summed E-state index contributed by atoms with van der Waals surface area (Å²) < 4.78 is 10.6. The van der Waals surface area contributed by atoms with Gasteiger partial charge in [-0.1, -0.05) is 88.4 Å². The molecule has 5 unspecified atom stereocenters. The van der Waals surface area contributed by atoms with E-state index < -0.39 is 59.5 Å². The minimum absolute atomic E-state index is 0.0296. The van der Waals surface area contributed by atoms with E-state index >= 15 is 0 Å². The summed E-state index contributed by atoms with van der Waals surface area (Å²) in [4.78, 5) is 86.6. The van der Waals surface area contributed by atoms with Gasteiger partial charge in [0.2, 0.25) is 23.6 Å². The summed E-state index contributed by atoms with van der Waals surface area (Å²) in [6.07, 6.45) is 0.871. The molecule has 2 aromatic carbocycles. The second-order valence-electron chi connectivity index (χ2n) is 16.0. The molecular formula is C43H58N6O8S. The molecule has 15 heteroatoms. The summed E-state index contributed by atoms with van der Waals surface area (Å²) in [7, 11) is 3.15. The predicted molar refractivity (Wildman–Crippen MR) is 221 cm³/mol. The van der Waals surface area contributed by atoms with Gasteiger partial charge >= 0.3 is 6.09 Å². The van der Waals surface area contributed by atoms with Crippen LogP contribution >= 0.6 is 11.3 Å². The zero-order chi connectivity index (χ0) is 42.4. The molecule has 0 radical (unpaired) electrons. The number of hydrogen-bond acceptors (Lipinski definition) is 10. The van der Waals surface area contributed by atoms with Gasteiger partial charge in [-0.05, 0) is 55.6 Å². The zero-order valence-corrected chi connectivity index (χ0v) is 35.4. The smallest absolute Gasteiger partial charge is 0.409 e. The van der Waals surface area contributed by atoms with Crippen LogP contribution in [0.1, 0.15) is 75.7 Å². The molecule has 314 valence electrons. The third-order valence-corrected chi connectivity index (χ3v) is 10.4. The Hall–Kier alpha value is -5.15. The molecule has 0 saturated carbocycles. The fourth-order valence-corrected chi connectivity index (χ4v) is 6.99. The Labute approximate surface area is 345 Å². The van der Waals surface area contributed by atoms with Crippen molar-refractivity contribution in [1.29, 1.82) is 0 Å². The monoisotopic (exact) mass is 818 g/mol. The van der Waals surface area contributed by atoms with Crippen molar-refractivity contribution in [1.82, 2.24) is 31.2 Å². The maximum absolute atomic E-state index is 14.2. The van der Waals surface area contributed by atoms with Gasteiger partial charge in [-0.3, -0.25) is 24.0 Å². The molecule has 5 amide bonds. The van der Waals surface area contributed by atoms with Crippen molar-refractivity contribution < 1.29 is 38.2 Å². The maximum atomic E-state index is 14.2. The number of nitrogens with one attached hydrogen (secondary N) is 4. The second kappa shape index (κ2) is 21.6. The highest BCUT2D eigenvalue weighted by atomic mass is 32.1. The molecule has 0 aliphatic carbocycles. The van der Waals surface area contributed by atoms with Crippen LogP contribution in [0.5, 0.6) is 0 Å². The number of benzene rings is 2. The summed E-state index contributed by atoms with van der Waals surface area (Å²) in [6, 6.07) is 14.8. The molecule has 1 aliphatic heterocycles. The molecular weight excluding hydrogens is 761 g/mol. The Balaban J connectivity index is 1.51. The van der Waals surface area contributed by atoms with Gasteiger partial charge in [0.05, 0.1) is 24.8 Å². The van der Waals surface area contributed by atoms with Crippen molar-refractivity contribution in [2.24, 2.45) is 11.8 Å². The topological polar surface area (TPSA) is 188 Å². The highest BCUT2D eigenvalue weighted by Crippen LogP contribution is 2.29. The van der Waals surface area contributed by atoms with E-state index in [0.29, 0.717) is 23.5 Å². The summed E-state index contributed by atoms with van der Waals surface area (Å²) >= 11 is 1.25. The molecule has 1 aliphatic rings. The van der Waals surface area contributed by atoms with Crippen molar-refractivity contribution in [2.75, 3.05) is 20.7 Å². The van der Waals surface area contributed by atoms with Crippen LogP contribution in [0.4, 0.5) is 4.79 Å². The third kappa shape index (κ3) is 14.7. The first-order valence-corrected chi connectivity index (χ1v) is 20.6. The van der Waals surface area contributed by atoms with E-state index in [2.05, 4.69) is 26.3 Å². The molecule has 4 N–H and O–H groups in total. The first-order valence-electron chi connectivity index (χ1n) is 19.8. The third-order valence-electron chi connectivity index (χ3n) is 9.54. The van der Waals surface area contributed by atoms with Gasteiger partial charge in [-0.15, -0.1) is 11.3 Å². The number of epoxide rings is 1. The molecule has 58 heavy (non-hydrogen) atoms. The van der Waals surface area contributed by atoms with E-state index in [1.807, 2.05) is 88.4 Å². The number of aromatic nitrogens is 1. The first kappa shape index (κ1) is 45.6. The van der Waals surface area contributed by atoms with E-state index in [-0.39, 0.29) is 56.5 Å². The van der Waals surface area contributed by atoms with Gasteiger partial charge in [0.15, 0.2) is 5.78 Å². The average molecular weight is 819 g/mol. The molecule has 5 atom stereocenters. The highest BCUT2D eigenvalue weighted by Gasteiger charge is 2.50. The number of nitrogens with zero attached hydrogens (tertiary/aromatic N) is 2. The molecule has 3 aromatic rings. The molecule has 2 heterocycles. The lowest BCUT2D eigenvalue weighted by Crippen LogP contribution is -2.59. The number of carbonyl (C=O) groups is 6. The van der Waals surface area contributed by atoms with E-state index in [9.17, 15) is 28.8 Å². The van der Waals surface area contributed by atoms with Crippen molar-refractivity contribution in [3.63, 3.8) is 0 Å². The number of hydrogen-bond donors (Lipinski definition) is 4.